The van der Waals surface area contributed by atoms with E-state index >= 15 is 0 Å². The molecule has 0 amide bonds. The van der Waals surface area contributed by atoms with Crippen LogP contribution >= 0.6 is 39.9 Å². The molecule has 0 atom stereocenters. The summed E-state index contributed by atoms with van der Waals surface area (Å²) in [6.45, 7) is 0. The van der Waals surface area contributed by atoms with Crippen molar-refractivity contribution >= 4 is 39.9 Å². The molecule has 11 heavy (non-hydrogen) atoms. The van der Waals surface area contributed by atoms with Gasteiger partial charge in [-0.15, -0.1) is 24.0 Å². The fourth-order valence-corrected chi connectivity index (χ4v) is 1.38. The molecular formula is C6H5BrCl2FN. The van der Waals surface area contributed by atoms with E-state index in [4.69, 9.17) is 11.6 Å². The molecule has 62 valence electrons. The van der Waals surface area contributed by atoms with Gasteiger partial charge in [-0.3, -0.25) is 4.98 Å². The Kier molecular flexibility index (Phi) is 4.97. The smallest absolute Gasteiger partial charge is 0.142 e. The van der Waals surface area contributed by atoms with E-state index in [9.17, 15) is 4.39 Å². The van der Waals surface area contributed by atoms with Gasteiger partial charge in [0.2, 0.25) is 0 Å². The van der Waals surface area contributed by atoms with Crippen LogP contribution in [0.1, 0.15) is 5.69 Å². The Morgan fingerprint density at radius 1 is 1.64 bits per heavy atom. The quantitative estimate of drug-likeness (QED) is 0.707. The zero-order chi connectivity index (χ0) is 7.56. The maximum absolute atomic E-state index is 12.3. The van der Waals surface area contributed by atoms with E-state index in [0.717, 1.165) is 6.20 Å². The Morgan fingerprint density at radius 2 is 2.27 bits per heavy atom. The lowest BCUT2D eigenvalue weighted by Gasteiger charge is -1.96. The Hall–Kier alpha value is 0.140. The standard InChI is InChI=1S/C6H4BrClFN.ClH/c7-5-1-4(9)3-10-6(5)2-8;/h1,3H,2H2;1H. The highest BCUT2D eigenvalue weighted by atomic mass is 79.9. The monoisotopic (exact) mass is 259 g/mol. The van der Waals surface area contributed by atoms with Gasteiger partial charge in [-0.25, -0.2) is 4.39 Å². The Balaban J connectivity index is 0.000001000. The van der Waals surface area contributed by atoms with Gasteiger partial charge in [-0.2, -0.15) is 0 Å². The Bertz CT molecular complexity index is 244. The third kappa shape index (κ3) is 2.93. The molecule has 0 N–H and O–H groups in total. The first-order valence-electron chi connectivity index (χ1n) is 2.60. The molecule has 1 nitrogen and oxygen atoms in total. The summed E-state index contributed by atoms with van der Waals surface area (Å²) < 4.78 is 13.0. The van der Waals surface area contributed by atoms with Gasteiger partial charge in [0.15, 0.2) is 0 Å². The lowest BCUT2D eigenvalue weighted by atomic mass is 10.4. The molecule has 1 heterocycles. The Morgan fingerprint density at radius 3 is 2.73 bits per heavy atom. The van der Waals surface area contributed by atoms with Gasteiger partial charge >= 0.3 is 0 Å². The molecule has 0 aliphatic carbocycles. The summed E-state index contributed by atoms with van der Waals surface area (Å²) in [4.78, 5) is 3.74. The van der Waals surface area contributed by atoms with Crippen molar-refractivity contribution in [2.45, 2.75) is 5.88 Å². The van der Waals surface area contributed by atoms with Crippen LogP contribution < -0.4 is 0 Å². The fraction of sp³-hybridized carbons (Fsp3) is 0.167. The molecule has 1 rings (SSSR count). The Labute approximate surface area is 83.5 Å². The molecule has 0 radical (unpaired) electrons. The largest absolute Gasteiger partial charge is 0.256 e. The first kappa shape index (κ1) is 11.1. The summed E-state index contributed by atoms with van der Waals surface area (Å²) in [6.07, 6.45) is 1.14. The molecule has 0 saturated carbocycles. The van der Waals surface area contributed by atoms with E-state index in [-0.39, 0.29) is 18.2 Å². The molecule has 5 heteroatoms. The normalized spacial score (nSPS) is 9.00. The second kappa shape index (κ2) is 4.91. The van der Waals surface area contributed by atoms with Crippen LogP contribution in [-0.2, 0) is 5.88 Å². The predicted octanol–water partition coefficient (Wildman–Crippen LogP) is 3.14. The van der Waals surface area contributed by atoms with Crippen molar-refractivity contribution in [1.29, 1.82) is 0 Å². The van der Waals surface area contributed by atoms with Crippen molar-refractivity contribution in [1.82, 2.24) is 4.98 Å². The van der Waals surface area contributed by atoms with Gasteiger partial charge in [-0.05, 0) is 22.0 Å². The van der Waals surface area contributed by atoms with E-state index in [1.165, 1.54) is 6.07 Å². The number of nitrogens with zero attached hydrogens (tertiary/aromatic N) is 1. The number of rotatable bonds is 1. The van der Waals surface area contributed by atoms with Crippen LogP contribution in [0.2, 0.25) is 0 Å². The fourth-order valence-electron chi connectivity index (χ4n) is 0.541. The van der Waals surface area contributed by atoms with Gasteiger partial charge in [0.1, 0.15) is 5.82 Å². The maximum atomic E-state index is 12.3. The van der Waals surface area contributed by atoms with Crippen LogP contribution in [0.4, 0.5) is 4.39 Å². The van der Waals surface area contributed by atoms with Crippen LogP contribution in [0.5, 0.6) is 0 Å². The van der Waals surface area contributed by atoms with E-state index in [1.54, 1.807) is 0 Å². The molecule has 1 aromatic rings. The second-order valence-electron chi connectivity index (χ2n) is 1.72. The number of hydrogen-bond donors (Lipinski definition) is 0. The van der Waals surface area contributed by atoms with Crippen molar-refractivity contribution < 1.29 is 4.39 Å². The van der Waals surface area contributed by atoms with Crippen LogP contribution in [0.15, 0.2) is 16.7 Å². The number of hydrogen-bond acceptors (Lipinski definition) is 1. The van der Waals surface area contributed by atoms with E-state index in [0.29, 0.717) is 16.0 Å². The van der Waals surface area contributed by atoms with Gasteiger partial charge in [-0.1, -0.05) is 0 Å². The summed E-state index contributed by atoms with van der Waals surface area (Å²) in [6, 6.07) is 1.34. The van der Waals surface area contributed by atoms with Crippen molar-refractivity contribution in [2.24, 2.45) is 0 Å². The lowest BCUT2D eigenvalue weighted by Crippen LogP contribution is -1.87. The molecular weight excluding hydrogens is 256 g/mol. The lowest BCUT2D eigenvalue weighted by molar-refractivity contribution is 0.619. The van der Waals surface area contributed by atoms with Crippen LogP contribution in [-0.4, -0.2) is 4.98 Å². The van der Waals surface area contributed by atoms with Gasteiger partial charge < -0.3 is 0 Å². The summed E-state index contributed by atoms with van der Waals surface area (Å²) in [7, 11) is 0. The van der Waals surface area contributed by atoms with E-state index < -0.39 is 0 Å². The first-order chi connectivity index (χ1) is 4.74. The highest BCUT2D eigenvalue weighted by molar-refractivity contribution is 9.10. The van der Waals surface area contributed by atoms with E-state index in [2.05, 4.69) is 20.9 Å². The van der Waals surface area contributed by atoms with Gasteiger partial charge in [0.25, 0.3) is 0 Å². The summed E-state index contributed by atoms with van der Waals surface area (Å²) in [5.74, 6) is -0.0679. The second-order valence-corrected chi connectivity index (χ2v) is 2.84. The third-order valence-electron chi connectivity index (χ3n) is 1.01. The number of alkyl halides is 1. The van der Waals surface area contributed by atoms with Crippen LogP contribution in [0.3, 0.4) is 0 Å². The zero-order valence-electron chi connectivity index (χ0n) is 5.35. The molecule has 1 aromatic heterocycles. The van der Waals surface area contributed by atoms with E-state index in [1.807, 2.05) is 0 Å². The van der Waals surface area contributed by atoms with Gasteiger partial charge in [0, 0.05) is 4.47 Å². The summed E-state index contributed by atoms with van der Waals surface area (Å²) in [5.41, 5.74) is 0.656. The molecule has 0 saturated heterocycles. The minimum Gasteiger partial charge on any atom is -0.256 e. The molecule has 0 spiro atoms. The predicted molar refractivity (Wildman–Crippen MR) is 48.7 cm³/mol. The molecule has 0 bridgehead atoms. The molecule has 0 aliphatic heterocycles. The number of aromatic nitrogens is 1. The molecule has 0 aliphatic rings. The summed E-state index contributed by atoms with van der Waals surface area (Å²) >= 11 is 8.59. The van der Waals surface area contributed by atoms with Crippen LogP contribution in [0, 0.1) is 5.82 Å². The minimum absolute atomic E-state index is 0. The highest BCUT2D eigenvalue weighted by Crippen LogP contribution is 2.16. The topological polar surface area (TPSA) is 12.9 Å². The summed E-state index contributed by atoms with van der Waals surface area (Å²) in [5, 5.41) is 0. The number of pyridine rings is 1. The van der Waals surface area contributed by atoms with Crippen molar-refractivity contribution in [2.75, 3.05) is 0 Å². The minimum atomic E-state index is -0.360. The van der Waals surface area contributed by atoms with Crippen molar-refractivity contribution in [3.63, 3.8) is 0 Å². The highest BCUT2D eigenvalue weighted by Gasteiger charge is 1.99. The first-order valence-corrected chi connectivity index (χ1v) is 3.92. The molecule has 0 unspecified atom stereocenters. The van der Waals surface area contributed by atoms with Crippen molar-refractivity contribution in [3.8, 4) is 0 Å². The SMILES string of the molecule is Cl.Fc1cnc(CCl)c(Br)c1. The average Bonchev–Trinajstić information content (AvgIpc) is 1.88. The molecule has 0 aromatic carbocycles. The van der Waals surface area contributed by atoms with Gasteiger partial charge in [0.05, 0.1) is 17.8 Å². The molecule has 0 fully saturated rings. The maximum Gasteiger partial charge on any atom is 0.142 e. The third-order valence-corrected chi connectivity index (χ3v) is 1.95. The number of halogens is 4. The zero-order valence-corrected chi connectivity index (χ0v) is 8.51. The van der Waals surface area contributed by atoms with Crippen LogP contribution in [0.25, 0.3) is 0 Å². The van der Waals surface area contributed by atoms with Crippen molar-refractivity contribution in [3.05, 3.63) is 28.2 Å². The average molecular weight is 261 g/mol.